The Kier molecular flexibility index (Phi) is 7.50. The van der Waals surface area contributed by atoms with Crippen LogP contribution in [-0.2, 0) is 14.3 Å². The molecule has 0 aliphatic rings. The molecule has 80 valence electrons. The van der Waals surface area contributed by atoms with E-state index in [9.17, 15) is 9.59 Å². The smallest absolute Gasteiger partial charge is 0.305 e. The third-order valence-corrected chi connectivity index (χ3v) is 1.59. The normalized spacial score (nSPS) is 9.43. The van der Waals surface area contributed by atoms with Gasteiger partial charge in [-0.2, -0.15) is 0 Å². The molecule has 0 aliphatic carbocycles. The average Bonchev–Trinajstić information content (AvgIpc) is 2.13. The number of rotatable bonds is 8. The lowest BCUT2D eigenvalue weighted by Crippen LogP contribution is -2.07. The number of esters is 1. The standard InChI is InChI=1S/C10H16O4/c1-2-3-4-7-10(13)14-8-5-6-9(11)12/h2H,1,3-8H2,(H,11,12). The van der Waals surface area contributed by atoms with Crippen molar-refractivity contribution >= 4 is 11.9 Å². The Bertz CT molecular complexity index is 198. The molecule has 0 aromatic heterocycles. The van der Waals surface area contributed by atoms with Gasteiger partial charge in [0.2, 0.25) is 0 Å². The summed E-state index contributed by atoms with van der Waals surface area (Å²) < 4.78 is 4.80. The number of allylic oxidation sites excluding steroid dienone is 1. The zero-order chi connectivity index (χ0) is 10.8. The predicted molar refractivity (Wildman–Crippen MR) is 51.9 cm³/mol. The number of unbranched alkanes of at least 4 members (excludes halogenated alkanes) is 1. The minimum atomic E-state index is -0.868. The summed E-state index contributed by atoms with van der Waals surface area (Å²) in [7, 11) is 0. The summed E-state index contributed by atoms with van der Waals surface area (Å²) in [6, 6.07) is 0. The number of aliphatic carboxylic acids is 1. The second kappa shape index (κ2) is 8.29. The minimum Gasteiger partial charge on any atom is -0.481 e. The Balaban J connectivity index is 3.26. The van der Waals surface area contributed by atoms with Gasteiger partial charge in [0, 0.05) is 12.8 Å². The number of carboxylic acid groups (broad SMARTS) is 1. The SMILES string of the molecule is C=CCCCC(=O)OCCCC(=O)O. The Hall–Kier alpha value is -1.32. The Morgan fingerprint density at radius 3 is 2.57 bits per heavy atom. The molecule has 1 N–H and O–H groups in total. The van der Waals surface area contributed by atoms with Gasteiger partial charge in [0.25, 0.3) is 0 Å². The van der Waals surface area contributed by atoms with Crippen molar-refractivity contribution in [1.82, 2.24) is 0 Å². The van der Waals surface area contributed by atoms with Crippen LogP contribution in [0.4, 0.5) is 0 Å². The highest BCUT2D eigenvalue weighted by atomic mass is 16.5. The van der Waals surface area contributed by atoms with Crippen molar-refractivity contribution in [1.29, 1.82) is 0 Å². The van der Waals surface area contributed by atoms with Crippen molar-refractivity contribution in [2.24, 2.45) is 0 Å². The van der Waals surface area contributed by atoms with Gasteiger partial charge in [-0.25, -0.2) is 0 Å². The monoisotopic (exact) mass is 200 g/mol. The molecule has 0 aromatic carbocycles. The van der Waals surface area contributed by atoms with Gasteiger partial charge in [-0.1, -0.05) is 6.08 Å². The number of hydrogen-bond acceptors (Lipinski definition) is 3. The fraction of sp³-hybridized carbons (Fsp3) is 0.600. The van der Waals surface area contributed by atoms with Gasteiger partial charge in [-0.05, 0) is 19.3 Å². The van der Waals surface area contributed by atoms with Crippen LogP contribution in [0.25, 0.3) is 0 Å². The van der Waals surface area contributed by atoms with Crippen LogP contribution in [-0.4, -0.2) is 23.7 Å². The molecule has 0 saturated heterocycles. The molecule has 0 saturated carbocycles. The topological polar surface area (TPSA) is 63.6 Å². The highest BCUT2D eigenvalue weighted by Gasteiger charge is 2.02. The first-order valence-electron chi connectivity index (χ1n) is 4.65. The summed E-state index contributed by atoms with van der Waals surface area (Å²) >= 11 is 0. The largest absolute Gasteiger partial charge is 0.481 e. The fourth-order valence-electron chi connectivity index (χ4n) is 0.872. The van der Waals surface area contributed by atoms with E-state index in [0.29, 0.717) is 12.8 Å². The van der Waals surface area contributed by atoms with Crippen LogP contribution >= 0.6 is 0 Å². The van der Waals surface area contributed by atoms with E-state index in [1.54, 1.807) is 6.08 Å². The van der Waals surface area contributed by atoms with Crippen molar-refractivity contribution in [3.63, 3.8) is 0 Å². The van der Waals surface area contributed by atoms with Crippen LogP contribution in [0.15, 0.2) is 12.7 Å². The van der Waals surface area contributed by atoms with Crippen molar-refractivity contribution in [2.75, 3.05) is 6.61 Å². The highest BCUT2D eigenvalue weighted by molar-refractivity contribution is 5.69. The number of carboxylic acids is 1. The maximum Gasteiger partial charge on any atom is 0.305 e. The first-order valence-corrected chi connectivity index (χ1v) is 4.65. The molecule has 4 nitrogen and oxygen atoms in total. The van der Waals surface area contributed by atoms with Crippen LogP contribution < -0.4 is 0 Å². The van der Waals surface area contributed by atoms with E-state index in [1.807, 2.05) is 0 Å². The summed E-state index contributed by atoms with van der Waals surface area (Å²) in [5.74, 6) is -1.13. The van der Waals surface area contributed by atoms with E-state index in [0.717, 1.165) is 12.8 Å². The van der Waals surface area contributed by atoms with E-state index < -0.39 is 5.97 Å². The molecule has 4 heteroatoms. The van der Waals surface area contributed by atoms with Gasteiger partial charge in [-0.15, -0.1) is 6.58 Å². The highest BCUT2D eigenvalue weighted by Crippen LogP contribution is 1.99. The molecule has 0 unspecified atom stereocenters. The third-order valence-electron chi connectivity index (χ3n) is 1.59. The van der Waals surface area contributed by atoms with Gasteiger partial charge >= 0.3 is 11.9 Å². The predicted octanol–water partition coefficient (Wildman–Crippen LogP) is 1.75. The van der Waals surface area contributed by atoms with Gasteiger partial charge < -0.3 is 9.84 Å². The second-order valence-corrected chi connectivity index (χ2v) is 2.90. The van der Waals surface area contributed by atoms with Crippen LogP contribution in [0.1, 0.15) is 32.1 Å². The summed E-state index contributed by atoms with van der Waals surface area (Å²) in [5.41, 5.74) is 0. The fourth-order valence-corrected chi connectivity index (χ4v) is 0.872. The van der Waals surface area contributed by atoms with E-state index in [2.05, 4.69) is 6.58 Å². The third kappa shape index (κ3) is 8.77. The van der Waals surface area contributed by atoms with E-state index in [4.69, 9.17) is 9.84 Å². The Morgan fingerprint density at radius 1 is 1.29 bits per heavy atom. The first kappa shape index (κ1) is 12.7. The van der Waals surface area contributed by atoms with Gasteiger partial charge in [0.1, 0.15) is 0 Å². The maximum absolute atomic E-state index is 11.0. The Labute approximate surface area is 83.6 Å². The van der Waals surface area contributed by atoms with Gasteiger partial charge in [-0.3, -0.25) is 9.59 Å². The molecule has 0 heterocycles. The zero-order valence-corrected chi connectivity index (χ0v) is 8.20. The summed E-state index contributed by atoms with van der Waals surface area (Å²) in [4.78, 5) is 21.1. The van der Waals surface area contributed by atoms with Crippen molar-refractivity contribution < 1.29 is 19.4 Å². The van der Waals surface area contributed by atoms with Crippen LogP contribution in [0.3, 0.4) is 0 Å². The first-order chi connectivity index (χ1) is 6.66. The van der Waals surface area contributed by atoms with Crippen LogP contribution in [0.2, 0.25) is 0 Å². The zero-order valence-electron chi connectivity index (χ0n) is 8.20. The summed E-state index contributed by atoms with van der Waals surface area (Å²) in [5, 5.41) is 8.30. The number of carbonyl (C=O) groups excluding carboxylic acids is 1. The quantitative estimate of drug-likeness (QED) is 0.368. The van der Waals surface area contributed by atoms with E-state index in [-0.39, 0.29) is 19.0 Å². The maximum atomic E-state index is 11.0. The van der Waals surface area contributed by atoms with Crippen molar-refractivity contribution in [2.45, 2.75) is 32.1 Å². The molecule has 0 atom stereocenters. The lowest BCUT2D eigenvalue weighted by atomic mass is 10.2. The summed E-state index contributed by atoms with van der Waals surface area (Å²) in [6.45, 7) is 3.73. The lowest BCUT2D eigenvalue weighted by molar-refractivity contribution is -0.145. The number of ether oxygens (including phenoxy) is 1. The molecule has 14 heavy (non-hydrogen) atoms. The average molecular weight is 200 g/mol. The van der Waals surface area contributed by atoms with Crippen molar-refractivity contribution in [3.05, 3.63) is 12.7 Å². The molecule has 0 aliphatic heterocycles. The molecule has 0 fully saturated rings. The molecule has 0 radical (unpaired) electrons. The van der Waals surface area contributed by atoms with Crippen LogP contribution in [0.5, 0.6) is 0 Å². The minimum absolute atomic E-state index is 0.0416. The van der Waals surface area contributed by atoms with Gasteiger partial charge in [0.15, 0.2) is 0 Å². The Morgan fingerprint density at radius 2 is 2.00 bits per heavy atom. The molecule has 0 amide bonds. The van der Waals surface area contributed by atoms with Crippen molar-refractivity contribution in [3.8, 4) is 0 Å². The molecule has 0 rings (SSSR count). The number of carbonyl (C=O) groups is 2. The second-order valence-electron chi connectivity index (χ2n) is 2.90. The molecule has 0 bridgehead atoms. The van der Waals surface area contributed by atoms with Crippen LogP contribution in [0, 0.1) is 0 Å². The molecule has 0 aromatic rings. The molecular weight excluding hydrogens is 184 g/mol. The lowest BCUT2D eigenvalue weighted by Gasteiger charge is -2.02. The van der Waals surface area contributed by atoms with E-state index in [1.165, 1.54) is 0 Å². The van der Waals surface area contributed by atoms with Gasteiger partial charge in [0.05, 0.1) is 6.61 Å². The molecule has 0 spiro atoms. The number of hydrogen-bond donors (Lipinski definition) is 1. The molecular formula is C10H16O4. The van der Waals surface area contributed by atoms with E-state index >= 15 is 0 Å². The summed E-state index contributed by atoms with van der Waals surface area (Å²) in [6.07, 6.45) is 4.07.